The minimum absolute atomic E-state index is 0.00681. The summed E-state index contributed by atoms with van der Waals surface area (Å²) in [7, 11) is 1.81. The maximum atomic E-state index is 12.0. The molecular formula is C11H14IN3O2. The van der Waals surface area contributed by atoms with Crippen LogP contribution in [0.2, 0.25) is 0 Å². The molecule has 1 aromatic heterocycles. The molecule has 0 saturated carbocycles. The average Bonchev–Trinajstić information content (AvgIpc) is 2.75. The number of nitrogens with zero attached hydrogens (tertiary/aromatic N) is 1. The van der Waals surface area contributed by atoms with Crippen LogP contribution in [0.5, 0.6) is 0 Å². The Bertz CT molecular complexity index is 510. The molecule has 1 aliphatic heterocycles. The van der Waals surface area contributed by atoms with Crippen LogP contribution in [-0.2, 0) is 19.5 Å². The van der Waals surface area contributed by atoms with Crippen molar-refractivity contribution in [3.63, 3.8) is 0 Å². The summed E-state index contributed by atoms with van der Waals surface area (Å²) >= 11 is 1.67. The number of carbonyl (C=O) groups is 1. The van der Waals surface area contributed by atoms with E-state index in [1.165, 1.54) is 0 Å². The molecule has 0 unspecified atom stereocenters. The lowest BCUT2D eigenvalue weighted by Crippen LogP contribution is -2.25. The topological polar surface area (TPSA) is 63.1 Å². The maximum absolute atomic E-state index is 12.0. The third-order valence-electron chi connectivity index (χ3n) is 2.99. The molecular weight excluding hydrogens is 333 g/mol. The third kappa shape index (κ3) is 2.46. The summed E-state index contributed by atoms with van der Waals surface area (Å²) in [6.45, 7) is 1.25. The number of hydrogen-bond donors (Lipinski definition) is 2. The van der Waals surface area contributed by atoms with Crippen molar-refractivity contribution in [2.75, 3.05) is 12.4 Å². The standard InChI is InChI=1S/C11H14IN3O2/c1-13-10-5-9(16)7(6-14-11(12)17)8-3-2-4-15(8)10/h5,13H,2-4,6H2,1H3,(H,14,17). The number of fused-ring (bicyclic) bond motifs is 1. The van der Waals surface area contributed by atoms with Crippen LogP contribution in [0.15, 0.2) is 10.9 Å². The fourth-order valence-electron chi connectivity index (χ4n) is 2.24. The van der Waals surface area contributed by atoms with E-state index in [1.807, 2.05) is 7.05 Å². The van der Waals surface area contributed by atoms with Crippen LogP contribution in [0.3, 0.4) is 0 Å². The first-order valence-electron chi connectivity index (χ1n) is 5.50. The molecule has 92 valence electrons. The fraction of sp³-hybridized carbons (Fsp3) is 0.455. The van der Waals surface area contributed by atoms with Gasteiger partial charge in [-0.1, -0.05) is 0 Å². The van der Waals surface area contributed by atoms with Gasteiger partial charge in [0.2, 0.25) is 0 Å². The summed E-state index contributed by atoms with van der Waals surface area (Å²) in [6.07, 6.45) is 1.94. The zero-order valence-corrected chi connectivity index (χ0v) is 11.7. The number of rotatable bonds is 3. The molecule has 1 aromatic rings. The summed E-state index contributed by atoms with van der Waals surface area (Å²) in [5.41, 5.74) is 1.76. The number of halogens is 1. The quantitative estimate of drug-likeness (QED) is 0.495. The zero-order chi connectivity index (χ0) is 12.4. The predicted molar refractivity (Wildman–Crippen MR) is 74.8 cm³/mol. The van der Waals surface area contributed by atoms with Gasteiger partial charge in [0.15, 0.2) is 5.43 Å². The highest BCUT2D eigenvalue weighted by Crippen LogP contribution is 2.21. The molecule has 0 radical (unpaired) electrons. The Balaban J connectivity index is 2.42. The summed E-state index contributed by atoms with van der Waals surface area (Å²) < 4.78 is 1.98. The van der Waals surface area contributed by atoms with E-state index in [0.29, 0.717) is 12.1 Å². The van der Waals surface area contributed by atoms with E-state index in [9.17, 15) is 9.59 Å². The lowest BCUT2D eigenvalue weighted by molar-refractivity contribution is 0.262. The summed E-state index contributed by atoms with van der Waals surface area (Å²) in [5, 5.41) is 5.72. The van der Waals surface area contributed by atoms with Crippen LogP contribution in [0.1, 0.15) is 17.7 Å². The van der Waals surface area contributed by atoms with Crippen molar-refractivity contribution in [3.8, 4) is 0 Å². The second-order valence-electron chi connectivity index (χ2n) is 3.95. The molecule has 0 atom stereocenters. The van der Waals surface area contributed by atoms with Crippen LogP contribution in [0, 0.1) is 0 Å². The number of nitrogens with one attached hydrogen (secondary N) is 2. The van der Waals surface area contributed by atoms with Crippen molar-refractivity contribution in [3.05, 3.63) is 27.5 Å². The number of carbonyl (C=O) groups excluding carboxylic acids is 1. The summed E-state index contributed by atoms with van der Waals surface area (Å²) in [5.74, 6) is 0.854. The van der Waals surface area contributed by atoms with Crippen LogP contribution in [-0.4, -0.2) is 15.5 Å². The highest BCUT2D eigenvalue weighted by molar-refractivity contribution is 14.1. The largest absolute Gasteiger partial charge is 0.374 e. The molecule has 0 aliphatic carbocycles. The van der Waals surface area contributed by atoms with Gasteiger partial charge in [-0.3, -0.25) is 9.59 Å². The molecule has 1 aliphatic rings. The van der Waals surface area contributed by atoms with E-state index in [4.69, 9.17) is 0 Å². The number of hydrogen-bond acceptors (Lipinski definition) is 3. The van der Waals surface area contributed by atoms with Crippen LogP contribution in [0.25, 0.3) is 0 Å². The Morgan fingerprint density at radius 3 is 3.00 bits per heavy atom. The average molecular weight is 347 g/mol. The Hall–Kier alpha value is -1.05. The van der Waals surface area contributed by atoms with Gasteiger partial charge in [0.05, 0.1) is 0 Å². The molecule has 17 heavy (non-hydrogen) atoms. The van der Waals surface area contributed by atoms with Gasteiger partial charge in [0.25, 0.3) is 3.91 Å². The Kier molecular flexibility index (Phi) is 3.70. The first-order valence-corrected chi connectivity index (χ1v) is 6.58. The van der Waals surface area contributed by atoms with E-state index in [-0.39, 0.29) is 9.34 Å². The Labute approximate surface area is 113 Å². The molecule has 0 aromatic carbocycles. The zero-order valence-electron chi connectivity index (χ0n) is 9.55. The molecule has 0 fully saturated rings. The molecule has 5 nitrogen and oxygen atoms in total. The third-order valence-corrected chi connectivity index (χ3v) is 3.37. The second kappa shape index (κ2) is 5.07. The van der Waals surface area contributed by atoms with E-state index >= 15 is 0 Å². The Morgan fingerprint density at radius 2 is 2.35 bits per heavy atom. The van der Waals surface area contributed by atoms with E-state index in [0.717, 1.165) is 30.9 Å². The first-order chi connectivity index (χ1) is 8.13. The molecule has 2 N–H and O–H groups in total. The van der Waals surface area contributed by atoms with Crippen molar-refractivity contribution in [1.82, 2.24) is 9.88 Å². The molecule has 2 rings (SSSR count). The van der Waals surface area contributed by atoms with Gasteiger partial charge in [-0.25, -0.2) is 0 Å². The predicted octanol–water partition coefficient (Wildman–Crippen LogP) is 1.48. The fourth-order valence-corrected chi connectivity index (χ4v) is 2.43. The van der Waals surface area contributed by atoms with Gasteiger partial charge in [0, 0.05) is 60.1 Å². The second-order valence-corrected chi connectivity index (χ2v) is 4.93. The van der Waals surface area contributed by atoms with Crippen molar-refractivity contribution in [1.29, 1.82) is 0 Å². The molecule has 0 saturated heterocycles. The highest BCUT2D eigenvalue weighted by Gasteiger charge is 2.19. The van der Waals surface area contributed by atoms with E-state index in [1.54, 1.807) is 28.7 Å². The smallest absolute Gasteiger partial charge is 0.280 e. The molecule has 0 bridgehead atoms. The van der Waals surface area contributed by atoms with Gasteiger partial charge in [-0.05, 0) is 12.8 Å². The first kappa shape index (κ1) is 12.4. The number of anilines is 1. The molecule has 6 heteroatoms. The van der Waals surface area contributed by atoms with Gasteiger partial charge in [-0.15, -0.1) is 0 Å². The normalized spacial score (nSPS) is 13.3. The minimum atomic E-state index is -0.142. The number of pyridine rings is 1. The minimum Gasteiger partial charge on any atom is -0.374 e. The van der Waals surface area contributed by atoms with Gasteiger partial charge in [0.1, 0.15) is 5.82 Å². The van der Waals surface area contributed by atoms with Gasteiger partial charge >= 0.3 is 0 Å². The van der Waals surface area contributed by atoms with Gasteiger partial charge < -0.3 is 15.2 Å². The monoisotopic (exact) mass is 347 g/mol. The Morgan fingerprint density at radius 1 is 1.59 bits per heavy atom. The number of amides is 1. The van der Waals surface area contributed by atoms with Crippen molar-refractivity contribution < 1.29 is 4.79 Å². The molecule has 0 spiro atoms. The van der Waals surface area contributed by atoms with E-state index < -0.39 is 0 Å². The van der Waals surface area contributed by atoms with Crippen molar-refractivity contribution in [2.45, 2.75) is 25.9 Å². The SMILES string of the molecule is CNc1cc(=O)c(CNC(=O)I)c2n1CCC2. The lowest BCUT2D eigenvalue weighted by atomic mass is 10.1. The van der Waals surface area contributed by atoms with Crippen LogP contribution in [0.4, 0.5) is 10.6 Å². The summed E-state index contributed by atoms with van der Waals surface area (Å²) in [6, 6.07) is 1.60. The summed E-state index contributed by atoms with van der Waals surface area (Å²) in [4.78, 5) is 22.9. The number of aromatic nitrogens is 1. The van der Waals surface area contributed by atoms with Crippen molar-refractivity contribution in [2.24, 2.45) is 0 Å². The molecule has 2 heterocycles. The van der Waals surface area contributed by atoms with Crippen LogP contribution >= 0.6 is 22.6 Å². The lowest BCUT2D eigenvalue weighted by Gasteiger charge is -2.14. The van der Waals surface area contributed by atoms with Gasteiger partial charge in [-0.2, -0.15) is 0 Å². The molecule has 1 amide bonds. The van der Waals surface area contributed by atoms with Crippen molar-refractivity contribution >= 4 is 32.3 Å². The van der Waals surface area contributed by atoms with E-state index in [2.05, 4.69) is 15.2 Å². The van der Waals surface area contributed by atoms with Crippen LogP contribution < -0.4 is 16.1 Å². The maximum Gasteiger partial charge on any atom is 0.280 e. The highest BCUT2D eigenvalue weighted by atomic mass is 127.